The third kappa shape index (κ3) is 3.15. The fourth-order valence-corrected chi connectivity index (χ4v) is 0.847. The highest BCUT2D eigenvalue weighted by atomic mass is 79.9. The lowest BCUT2D eigenvalue weighted by molar-refractivity contribution is 0.208. The Hall–Kier alpha value is -0.680. The van der Waals surface area contributed by atoms with Crippen LogP contribution >= 0.6 is 15.9 Å². The minimum absolute atomic E-state index is 0.391. The molecule has 0 saturated heterocycles. The van der Waals surface area contributed by atoms with Crippen LogP contribution in [-0.4, -0.2) is 27.7 Å². The van der Waals surface area contributed by atoms with Gasteiger partial charge in [-0.15, -0.1) is 0 Å². The Balaban J connectivity index is 2.48. The number of aromatic nitrogens is 2. The average molecular weight is 232 g/mol. The minimum Gasteiger partial charge on any atom is -0.392 e. The van der Waals surface area contributed by atoms with E-state index in [9.17, 15) is 0 Å². The van der Waals surface area contributed by atoms with E-state index in [4.69, 9.17) is 5.11 Å². The zero-order valence-electron chi connectivity index (χ0n) is 6.66. The van der Waals surface area contributed by atoms with E-state index < -0.39 is 6.10 Å². The van der Waals surface area contributed by atoms with Gasteiger partial charge < -0.3 is 10.4 Å². The van der Waals surface area contributed by atoms with Crippen LogP contribution in [0.2, 0.25) is 0 Å². The smallest absolute Gasteiger partial charge is 0.222 e. The molecule has 2 N–H and O–H groups in total. The molecule has 0 aliphatic heterocycles. The van der Waals surface area contributed by atoms with Crippen LogP contribution in [0.25, 0.3) is 0 Å². The molecule has 5 heteroatoms. The van der Waals surface area contributed by atoms with E-state index in [1.807, 2.05) is 0 Å². The normalized spacial score (nSPS) is 12.6. The van der Waals surface area contributed by atoms with Crippen LogP contribution in [-0.2, 0) is 0 Å². The molecule has 1 heterocycles. The Morgan fingerprint density at radius 3 is 2.67 bits per heavy atom. The van der Waals surface area contributed by atoms with Crippen molar-refractivity contribution in [3.05, 3.63) is 16.9 Å². The van der Waals surface area contributed by atoms with E-state index in [1.165, 1.54) is 0 Å². The van der Waals surface area contributed by atoms with Gasteiger partial charge in [-0.2, -0.15) is 0 Å². The zero-order valence-corrected chi connectivity index (χ0v) is 8.24. The summed E-state index contributed by atoms with van der Waals surface area (Å²) in [6.07, 6.45) is 2.91. The van der Waals surface area contributed by atoms with Gasteiger partial charge in [-0.1, -0.05) is 0 Å². The largest absolute Gasteiger partial charge is 0.392 e. The summed E-state index contributed by atoms with van der Waals surface area (Å²) in [5.41, 5.74) is 0. The third-order valence-corrected chi connectivity index (χ3v) is 1.59. The van der Waals surface area contributed by atoms with Gasteiger partial charge >= 0.3 is 0 Å². The second-order valence-corrected chi connectivity index (χ2v) is 3.37. The molecule has 0 amide bonds. The second kappa shape index (κ2) is 4.37. The molecule has 0 spiro atoms. The zero-order chi connectivity index (χ0) is 8.97. The second-order valence-electron chi connectivity index (χ2n) is 2.45. The van der Waals surface area contributed by atoms with E-state index in [2.05, 4.69) is 31.2 Å². The van der Waals surface area contributed by atoms with Gasteiger partial charge in [0, 0.05) is 18.9 Å². The van der Waals surface area contributed by atoms with Crippen LogP contribution in [0.15, 0.2) is 16.9 Å². The summed E-state index contributed by atoms with van der Waals surface area (Å²) < 4.78 is 0.838. The van der Waals surface area contributed by atoms with Crippen LogP contribution in [0.3, 0.4) is 0 Å². The number of rotatable bonds is 3. The van der Waals surface area contributed by atoms with Gasteiger partial charge in [0.25, 0.3) is 0 Å². The lowest BCUT2D eigenvalue weighted by atomic mass is 10.4. The van der Waals surface area contributed by atoms with Crippen molar-refractivity contribution < 1.29 is 5.11 Å². The SMILES string of the molecule is C[C@H](O)CNc1ncc(Br)cn1. The molecular formula is C7H10BrN3O. The Morgan fingerprint density at radius 2 is 2.17 bits per heavy atom. The van der Waals surface area contributed by atoms with Crippen LogP contribution in [0.4, 0.5) is 5.95 Å². The summed E-state index contributed by atoms with van der Waals surface area (Å²) >= 11 is 3.22. The van der Waals surface area contributed by atoms with Gasteiger partial charge in [-0.05, 0) is 22.9 Å². The third-order valence-electron chi connectivity index (χ3n) is 1.18. The number of hydrogen-bond acceptors (Lipinski definition) is 4. The van der Waals surface area contributed by atoms with Crippen molar-refractivity contribution in [2.24, 2.45) is 0 Å². The van der Waals surface area contributed by atoms with Crippen molar-refractivity contribution in [3.63, 3.8) is 0 Å². The molecule has 0 fully saturated rings. The van der Waals surface area contributed by atoms with Gasteiger partial charge in [-0.25, -0.2) is 9.97 Å². The van der Waals surface area contributed by atoms with Gasteiger partial charge in [0.15, 0.2) is 0 Å². The number of hydrogen-bond donors (Lipinski definition) is 2. The lowest BCUT2D eigenvalue weighted by Crippen LogP contribution is -2.16. The van der Waals surface area contributed by atoms with Crippen LogP contribution in [0.5, 0.6) is 0 Å². The molecular weight excluding hydrogens is 222 g/mol. The van der Waals surface area contributed by atoms with Crippen molar-refractivity contribution in [1.82, 2.24) is 9.97 Å². The maximum Gasteiger partial charge on any atom is 0.222 e. The standard InChI is InChI=1S/C7H10BrN3O/c1-5(12)2-9-7-10-3-6(8)4-11-7/h3-5,12H,2H2,1H3,(H,9,10,11)/t5-/m0/s1. The molecule has 1 aromatic heterocycles. The fraction of sp³-hybridized carbons (Fsp3) is 0.429. The Bertz CT molecular complexity index is 237. The monoisotopic (exact) mass is 231 g/mol. The molecule has 1 atom stereocenters. The molecule has 0 aliphatic carbocycles. The summed E-state index contributed by atoms with van der Waals surface area (Å²) in [7, 11) is 0. The highest BCUT2D eigenvalue weighted by Crippen LogP contribution is 2.06. The lowest BCUT2D eigenvalue weighted by Gasteiger charge is -2.05. The van der Waals surface area contributed by atoms with E-state index in [0.717, 1.165) is 4.47 Å². The van der Waals surface area contributed by atoms with E-state index in [1.54, 1.807) is 19.3 Å². The van der Waals surface area contributed by atoms with Crippen molar-refractivity contribution >= 4 is 21.9 Å². The number of aliphatic hydroxyl groups is 1. The summed E-state index contributed by atoms with van der Waals surface area (Å²) in [4.78, 5) is 7.94. The summed E-state index contributed by atoms with van der Waals surface area (Å²) in [5.74, 6) is 0.527. The number of aliphatic hydroxyl groups excluding tert-OH is 1. The Labute approximate surface area is 79.2 Å². The molecule has 1 aromatic rings. The number of nitrogens with one attached hydrogen (secondary N) is 1. The molecule has 4 nitrogen and oxygen atoms in total. The quantitative estimate of drug-likeness (QED) is 0.817. The highest BCUT2D eigenvalue weighted by molar-refractivity contribution is 9.10. The number of nitrogens with zero attached hydrogens (tertiary/aromatic N) is 2. The molecule has 0 bridgehead atoms. The minimum atomic E-state index is -0.391. The van der Waals surface area contributed by atoms with Crippen LogP contribution in [0.1, 0.15) is 6.92 Å². The van der Waals surface area contributed by atoms with Gasteiger partial charge in [0.05, 0.1) is 10.6 Å². The molecule has 12 heavy (non-hydrogen) atoms. The predicted octanol–water partition coefficient (Wildman–Crippen LogP) is 1.03. The van der Waals surface area contributed by atoms with Gasteiger partial charge in [-0.3, -0.25) is 0 Å². The molecule has 0 aliphatic rings. The molecule has 0 saturated carbocycles. The summed E-state index contributed by atoms with van der Waals surface area (Å²) in [6.45, 7) is 2.16. The van der Waals surface area contributed by atoms with E-state index >= 15 is 0 Å². The maximum absolute atomic E-state index is 8.94. The van der Waals surface area contributed by atoms with Crippen molar-refractivity contribution in [3.8, 4) is 0 Å². The van der Waals surface area contributed by atoms with Gasteiger partial charge in [0.2, 0.25) is 5.95 Å². The molecule has 0 aromatic carbocycles. The first-order chi connectivity index (χ1) is 5.68. The van der Waals surface area contributed by atoms with Crippen molar-refractivity contribution in [1.29, 1.82) is 0 Å². The average Bonchev–Trinajstić information content (AvgIpc) is 2.03. The van der Waals surface area contributed by atoms with Crippen LogP contribution in [0, 0.1) is 0 Å². The number of halogens is 1. The summed E-state index contributed by atoms with van der Waals surface area (Å²) in [5, 5.41) is 11.8. The van der Waals surface area contributed by atoms with Crippen molar-refractivity contribution in [2.75, 3.05) is 11.9 Å². The first kappa shape index (κ1) is 9.41. The van der Waals surface area contributed by atoms with E-state index in [0.29, 0.717) is 12.5 Å². The molecule has 0 unspecified atom stereocenters. The maximum atomic E-state index is 8.94. The molecule has 1 rings (SSSR count). The van der Waals surface area contributed by atoms with Crippen molar-refractivity contribution in [2.45, 2.75) is 13.0 Å². The Morgan fingerprint density at radius 1 is 1.58 bits per heavy atom. The summed E-state index contributed by atoms with van der Waals surface area (Å²) in [6, 6.07) is 0. The first-order valence-electron chi connectivity index (χ1n) is 3.58. The first-order valence-corrected chi connectivity index (χ1v) is 4.37. The highest BCUT2D eigenvalue weighted by Gasteiger charge is 1.97. The molecule has 0 radical (unpaired) electrons. The fourth-order valence-electron chi connectivity index (χ4n) is 0.643. The topological polar surface area (TPSA) is 58.0 Å². The van der Waals surface area contributed by atoms with E-state index in [-0.39, 0.29) is 0 Å². The Kier molecular flexibility index (Phi) is 3.43. The van der Waals surface area contributed by atoms with Gasteiger partial charge in [0.1, 0.15) is 0 Å². The predicted molar refractivity (Wildman–Crippen MR) is 49.9 cm³/mol. The number of anilines is 1. The van der Waals surface area contributed by atoms with Crippen LogP contribution < -0.4 is 5.32 Å². The molecule has 66 valence electrons.